The Morgan fingerprint density at radius 3 is 2.44 bits per heavy atom. The molecule has 18 heavy (non-hydrogen) atoms. The third-order valence-corrected chi connectivity index (χ3v) is 2.33. The second-order valence-electron chi connectivity index (χ2n) is 3.87. The van der Waals surface area contributed by atoms with Gasteiger partial charge in [-0.3, -0.25) is 4.79 Å². The zero-order valence-corrected chi connectivity index (χ0v) is 10.8. The summed E-state index contributed by atoms with van der Waals surface area (Å²) in [7, 11) is 0. The van der Waals surface area contributed by atoms with Gasteiger partial charge >= 0.3 is 11.9 Å². The van der Waals surface area contributed by atoms with Gasteiger partial charge in [0, 0.05) is 12.5 Å². The number of aryl methyl sites for hydroxylation is 1. The van der Waals surface area contributed by atoms with Crippen LogP contribution >= 0.6 is 0 Å². The lowest BCUT2D eigenvalue weighted by molar-refractivity contribution is -0.132. The molecule has 96 valence electrons. The molecule has 4 heteroatoms. The summed E-state index contributed by atoms with van der Waals surface area (Å²) in [6.07, 6.45) is 0.545. The van der Waals surface area contributed by atoms with Gasteiger partial charge in [0.05, 0.1) is 0 Å². The number of hydrogen-bond donors (Lipinski definition) is 0. The van der Waals surface area contributed by atoms with Crippen LogP contribution in [0.4, 0.5) is 0 Å². The molecule has 0 spiro atoms. The zero-order valence-electron chi connectivity index (χ0n) is 10.8. The highest BCUT2D eigenvalue weighted by atomic mass is 16.5. The van der Waals surface area contributed by atoms with Crippen molar-refractivity contribution in [3.05, 3.63) is 35.9 Å². The highest BCUT2D eigenvalue weighted by Gasteiger charge is 2.10. The highest BCUT2D eigenvalue weighted by Crippen LogP contribution is 2.24. The third kappa shape index (κ3) is 3.73. The van der Waals surface area contributed by atoms with Crippen LogP contribution in [0.25, 0.3) is 0 Å². The smallest absolute Gasteiger partial charge is 0.338 e. The fourth-order valence-corrected chi connectivity index (χ4v) is 1.28. The van der Waals surface area contributed by atoms with Crippen LogP contribution in [0.5, 0.6) is 11.5 Å². The van der Waals surface area contributed by atoms with Gasteiger partial charge in [0.2, 0.25) is 0 Å². The number of hydrogen-bond acceptors (Lipinski definition) is 4. The topological polar surface area (TPSA) is 52.6 Å². The summed E-state index contributed by atoms with van der Waals surface area (Å²) in [6, 6.07) is 4.80. The standard InChI is InChI=1S/C14H16O4/c1-5-9(2)14(16)18-12-6-7-13(10(3)8-12)17-11(4)15/h6-8H,2,5H2,1,3-4H3. The van der Waals surface area contributed by atoms with Gasteiger partial charge in [0.25, 0.3) is 0 Å². The van der Waals surface area contributed by atoms with Gasteiger partial charge in [-0.1, -0.05) is 13.5 Å². The van der Waals surface area contributed by atoms with E-state index in [4.69, 9.17) is 9.47 Å². The van der Waals surface area contributed by atoms with E-state index in [0.29, 0.717) is 23.5 Å². The molecule has 0 aliphatic heterocycles. The third-order valence-electron chi connectivity index (χ3n) is 2.33. The number of rotatable bonds is 4. The van der Waals surface area contributed by atoms with E-state index in [1.165, 1.54) is 6.92 Å². The van der Waals surface area contributed by atoms with Crippen LogP contribution in [-0.2, 0) is 9.59 Å². The molecular weight excluding hydrogens is 232 g/mol. The molecule has 4 nitrogen and oxygen atoms in total. The molecular formula is C14H16O4. The molecule has 0 saturated carbocycles. The summed E-state index contributed by atoms with van der Waals surface area (Å²) in [5, 5.41) is 0. The van der Waals surface area contributed by atoms with Crippen LogP contribution < -0.4 is 9.47 Å². The van der Waals surface area contributed by atoms with Crippen molar-refractivity contribution in [2.75, 3.05) is 0 Å². The second-order valence-corrected chi connectivity index (χ2v) is 3.87. The van der Waals surface area contributed by atoms with Crippen molar-refractivity contribution in [3.8, 4) is 11.5 Å². The molecule has 0 radical (unpaired) electrons. The normalized spacial score (nSPS) is 9.72. The Hall–Kier alpha value is -2.10. The van der Waals surface area contributed by atoms with E-state index in [-0.39, 0.29) is 5.97 Å². The molecule has 0 bridgehead atoms. The van der Waals surface area contributed by atoms with E-state index in [1.54, 1.807) is 25.1 Å². The van der Waals surface area contributed by atoms with E-state index >= 15 is 0 Å². The quantitative estimate of drug-likeness (QED) is 0.467. The summed E-state index contributed by atoms with van der Waals surface area (Å²) in [4.78, 5) is 22.3. The van der Waals surface area contributed by atoms with Crippen molar-refractivity contribution in [1.29, 1.82) is 0 Å². The van der Waals surface area contributed by atoms with Gasteiger partial charge in [0.1, 0.15) is 11.5 Å². The molecule has 0 fully saturated rings. The van der Waals surface area contributed by atoms with Crippen LogP contribution in [0.1, 0.15) is 25.8 Å². The van der Waals surface area contributed by atoms with Crippen LogP contribution in [0, 0.1) is 6.92 Å². The minimum absolute atomic E-state index is 0.387. The van der Waals surface area contributed by atoms with Crippen LogP contribution in [0.3, 0.4) is 0 Å². The molecule has 0 aliphatic carbocycles. The Balaban J connectivity index is 2.81. The molecule has 0 aromatic heterocycles. The van der Waals surface area contributed by atoms with Crippen molar-refractivity contribution >= 4 is 11.9 Å². The molecule has 1 aromatic carbocycles. The van der Waals surface area contributed by atoms with Crippen LogP contribution in [0.15, 0.2) is 30.4 Å². The first-order chi connectivity index (χ1) is 8.43. The first-order valence-corrected chi connectivity index (χ1v) is 5.63. The van der Waals surface area contributed by atoms with Crippen molar-refractivity contribution in [2.45, 2.75) is 27.2 Å². The first kappa shape index (κ1) is 14.0. The molecule has 0 heterocycles. The summed E-state index contributed by atoms with van der Waals surface area (Å²) >= 11 is 0. The average Bonchev–Trinajstić information content (AvgIpc) is 2.31. The lowest BCUT2D eigenvalue weighted by atomic mass is 10.2. The number of carbonyl (C=O) groups is 2. The second kappa shape index (κ2) is 6.00. The molecule has 0 amide bonds. The number of esters is 2. The molecule has 1 aromatic rings. The summed E-state index contributed by atoms with van der Waals surface area (Å²) in [5.74, 6) is 0.0268. The molecule has 0 saturated heterocycles. The lowest BCUT2D eigenvalue weighted by Crippen LogP contribution is -2.10. The maximum absolute atomic E-state index is 11.5. The monoisotopic (exact) mass is 248 g/mol. The summed E-state index contributed by atoms with van der Waals surface area (Å²) in [5.41, 5.74) is 1.13. The summed E-state index contributed by atoms with van der Waals surface area (Å²) in [6.45, 7) is 8.54. The lowest BCUT2D eigenvalue weighted by Gasteiger charge is -2.09. The average molecular weight is 248 g/mol. The van der Waals surface area contributed by atoms with E-state index < -0.39 is 5.97 Å². The molecule has 0 aliphatic rings. The zero-order chi connectivity index (χ0) is 13.7. The van der Waals surface area contributed by atoms with Crippen molar-refractivity contribution in [1.82, 2.24) is 0 Å². The molecule has 1 rings (SSSR count). The maximum Gasteiger partial charge on any atom is 0.338 e. The Morgan fingerprint density at radius 1 is 1.28 bits per heavy atom. The number of carbonyl (C=O) groups excluding carboxylic acids is 2. The van der Waals surface area contributed by atoms with E-state index in [0.717, 1.165) is 5.56 Å². The molecule has 0 N–H and O–H groups in total. The Labute approximate surface area is 106 Å². The molecule has 0 atom stereocenters. The van der Waals surface area contributed by atoms with Gasteiger partial charge in [-0.05, 0) is 37.1 Å². The van der Waals surface area contributed by atoms with E-state index in [2.05, 4.69) is 6.58 Å². The Morgan fingerprint density at radius 2 is 1.94 bits per heavy atom. The van der Waals surface area contributed by atoms with Crippen molar-refractivity contribution < 1.29 is 19.1 Å². The molecule has 0 unspecified atom stereocenters. The minimum Gasteiger partial charge on any atom is -0.426 e. The number of ether oxygens (including phenoxy) is 2. The fourth-order valence-electron chi connectivity index (χ4n) is 1.28. The fraction of sp³-hybridized carbons (Fsp3) is 0.286. The van der Waals surface area contributed by atoms with E-state index in [9.17, 15) is 9.59 Å². The Kier molecular flexibility index (Phi) is 4.66. The van der Waals surface area contributed by atoms with Gasteiger partial charge in [-0.15, -0.1) is 0 Å². The SMILES string of the molecule is C=C(CC)C(=O)Oc1ccc(OC(C)=O)c(C)c1. The first-order valence-electron chi connectivity index (χ1n) is 5.63. The van der Waals surface area contributed by atoms with Gasteiger partial charge < -0.3 is 9.47 Å². The largest absolute Gasteiger partial charge is 0.426 e. The van der Waals surface area contributed by atoms with Gasteiger partial charge in [0.15, 0.2) is 0 Å². The summed E-state index contributed by atoms with van der Waals surface area (Å²) < 4.78 is 10.1. The van der Waals surface area contributed by atoms with Crippen LogP contribution in [0.2, 0.25) is 0 Å². The van der Waals surface area contributed by atoms with E-state index in [1.807, 2.05) is 6.92 Å². The Bertz CT molecular complexity index is 489. The maximum atomic E-state index is 11.5. The van der Waals surface area contributed by atoms with Gasteiger partial charge in [-0.2, -0.15) is 0 Å². The predicted molar refractivity (Wildman–Crippen MR) is 67.6 cm³/mol. The van der Waals surface area contributed by atoms with Crippen molar-refractivity contribution in [2.24, 2.45) is 0 Å². The minimum atomic E-state index is -0.447. The van der Waals surface area contributed by atoms with Crippen molar-refractivity contribution in [3.63, 3.8) is 0 Å². The van der Waals surface area contributed by atoms with Gasteiger partial charge in [-0.25, -0.2) is 4.79 Å². The highest BCUT2D eigenvalue weighted by molar-refractivity contribution is 5.89. The van der Waals surface area contributed by atoms with Crippen LogP contribution in [-0.4, -0.2) is 11.9 Å². The predicted octanol–water partition coefficient (Wildman–Crippen LogP) is 2.79. The number of benzene rings is 1.